The molecule has 6 nitrogen and oxygen atoms in total. The predicted octanol–water partition coefficient (Wildman–Crippen LogP) is 4.91. The normalized spacial score (nSPS) is 17.7. The van der Waals surface area contributed by atoms with Gasteiger partial charge in [0.05, 0.1) is 0 Å². The molecule has 0 radical (unpaired) electrons. The molecule has 1 aliphatic carbocycles. The van der Waals surface area contributed by atoms with Gasteiger partial charge in [-0.25, -0.2) is 9.97 Å². The van der Waals surface area contributed by atoms with Gasteiger partial charge >= 0.3 is 0 Å². The molecule has 2 aromatic heterocycles. The molecule has 5 rings (SSSR count). The molecule has 1 aliphatic heterocycles. The minimum Gasteiger partial charge on any atom is -0.353 e. The van der Waals surface area contributed by atoms with E-state index in [0.29, 0.717) is 5.92 Å². The van der Waals surface area contributed by atoms with Gasteiger partial charge in [-0.15, -0.1) is 10.2 Å². The molecule has 2 aliphatic rings. The van der Waals surface area contributed by atoms with E-state index in [1.165, 1.54) is 48.2 Å². The quantitative estimate of drug-likeness (QED) is 0.553. The lowest BCUT2D eigenvalue weighted by Crippen LogP contribution is -2.47. The number of hydrogen-bond acceptors (Lipinski definition) is 7. The zero-order valence-electron chi connectivity index (χ0n) is 19.1. The fourth-order valence-electron chi connectivity index (χ4n) is 4.96. The van der Waals surface area contributed by atoms with Gasteiger partial charge in [-0.1, -0.05) is 60.9 Å². The van der Waals surface area contributed by atoms with Crippen molar-refractivity contribution < 1.29 is 0 Å². The summed E-state index contributed by atoms with van der Waals surface area (Å²) >= 11 is 1.81. The van der Waals surface area contributed by atoms with Gasteiger partial charge in [0.1, 0.15) is 16.6 Å². The van der Waals surface area contributed by atoms with Gasteiger partial charge in [0.25, 0.3) is 0 Å². The van der Waals surface area contributed by atoms with Crippen LogP contribution in [0, 0.1) is 13.8 Å². The molecular formula is C25H32N6S. The molecule has 3 heterocycles. The third-order valence-electron chi connectivity index (χ3n) is 6.76. The maximum Gasteiger partial charge on any atom is 0.208 e. The van der Waals surface area contributed by atoms with Crippen LogP contribution in [0.2, 0.25) is 0 Å². The average molecular weight is 449 g/mol. The molecule has 0 amide bonds. The molecule has 1 saturated carbocycles. The Balaban J connectivity index is 1.29. The third kappa shape index (κ3) is 4.63. The summed E-state index contributed by atoms with van der Waals surface area (Å²) in [4.78, 5) is 14.4. The highest BCUT2D eigenvalue weighted by molar-refractivity contribution is 7.15. The maximum absolute atomic E-state index is 4.89. The highest BCUT2D eigenvalue weighted by Gasteiger charge is 2.26. The first-order chi connectivity index (χ1) is 15.7. The summed E-state index contributed by atoms with van der Waals surface area (Å²) in [6, 6.07) is 10.6. The van der Waals surface area contributed by atoms with E-state index in [1.54, 1.807) is 0 Å². The fourth-order valence-corrected chi connectivity index (χ4v) is 6.03. The number of hydrogen-bond donors (Lipinski definition) is 0. The van der Waals surface area contributed by atoms with E-state index in [-0.39, 0.29) is 0 Å². The van der Waals surface area contributed by atoms with E-state index < -0.39 is 0 Å². The van der Waals surface area contributed by atoms with Crippen molar-refractivity contribution in [3.63, 3.8) is 0 Å². The van der Waals surface area contributed by atoms with Gasteiger partial charge in [-0.05, 0) is 32.3 Å². The Morgan fingerprint density at radius 2 is 1.59 bits per heavy atom. The topological polar surface area (TPSA) is 58.0 Å². The lowest BCUT2D eigenvalue weighted by Gasteiger charge is -2.36. The second-order valence-corrected chi connectivity index (χ2v) is 10.0. The van der Waals surface area contributed by atoms with Crippen molar-refractivity contribution in [2.75, 3.05) is 36.0 Å². The standard InChI is InChI=1S/C25H32N6S/c1-18-22(17-20-9-5-3-6-10-20)23(27-19(2)26-18)30-13-15-31(16-14-30)25-29-28-24(32-25)21-11-7-4-8-12-21/h3,5-6,9-10,21H,4,7-8,11-17H2,1-2H3. The minimum absolute atomic E-state index is 0.629. The molecule has 3 aromatic rings. The summed E-state index contributed by atoms with van der Waals surface area (Å²) < 4.78 is 0. The van der Waals surface area contributed by atoms with Crippen molar-refractivity contribution in [1.29, 1.82) is 0 Å². The van der Waals surface area contributed by atoms with Crippen LogP contribution < -0.4 is 9.80 Å². The molecule has 0 bridgehead atoms. The summed E-state index contributed by atoms with van der Waals surface area (Å²) in [6.07, 6.45) is 7.46. The molecule has 168 valence electrons. The molecular weight excluding hydrogens is 416 g/mol. The molecule has 2 fully saturated rings. The van der Waals surface area contributed by atoms with Crippen molar-refractivity contribution in [3.8, 4) is 0 Å². The summed E-state index contributed by atoms with van der Waals surface area (Å²) in [5.74, 6) is 2.57. The van der Waals surface area contributed by atoms with E-state index >= 15 is 0 Å². The number of aromatic nitrogens is 4. The first-order valence-electron chi connectivity index (χ1n) is 11.9. The molecule has 0 N–H and O–H groups in total. The Bertz CT molecular complexity index is 1040. The smallest absolute Gasteiger partial charge is 0.208 e. The van der Waals surface area contributed by atoms with E-state index in [4.69, 9.17) is 4.98 Å². The SMILES string of the molecule is Cc1nc(C)c(Cc2ccccc2)c(N2CCN(c3nnc(C4CCCCC4)s3)CC2)n1. The van der Waals surface area contributed by atoms with Gasteiger partial charge in [-0.2, -0.15) is 0 Å². The van der Waals surface area contributed by atoms with Crippen molar-refractivity contribution >= 4 is 22.3 Å². The largest absolute Gasteiger partial charge is 0.353 e. The minimum atomic E-state index is 0.629. The van der Waals surface area contributed by atoms with E-state index in [9.17, 15) is 0 Å². The lowest BCUT2D eigenvalue weighted by atomic mass is 9.90. The van der Waals surface area contributed by atoms with Gasteiger partial charge in [0, 0.05) is 49.8 Å². The number of piperazine rings is 1. The van der Waals surface area contributed by atoms with Crippen molar-refractivity contribution in [1.82, 2.24) is 20.2 Å². The molecule has 1 aromatic carbocycles. The summed E-state index contributed by atoms with van der Waals surface area (Å²) in [7, 11) is 0. The fraction of sp³-hybridized carbons (Fsp3) is 0.520. The van der Waals surface area contributed by atoms with Crippen LogP contribution >= 0.6 is 11.3 Å². The van der Waals surface area contributed by atoms with Crippen LogP contribution in [0.15, 0.2) is 30.3 Å². The van der Waals surface area contributed by atoms with Gasteiger partial charge in [0.15, 0.2) is 0 Å². The van der Waals surface area contributed by atoms with Crippen molar-refractivity contribution in [2.45, 2.75) is 58.3 Å². The number of benzene rings is 1. The van der Waals surface area contributed by atoms with E-state index in [0.717, 1.165) is 55.1 Å². The Hall–Kier alpha value is -2.54. The van der Waals surface area contributed by atoms with E-state index in [2.05, 4.69) is 62.2 Å². The number of rotatable bonds is 5. The number of aryl methyl sites for hydroxylation is 2. The Morgan fingerprint density at radius 3 is 2.34 bits per heavy atom. The number of nitrogens with zero attached hydrogens (tertiary/aromatic N) is 6. The maximum atomic E-state index is 4.89. The molecule has 32 heavy (non-hydrogen) atoms. The van der Waals surface area contributed by atoms with Gasteiger partial charge in [0.2, 0.25) is 5.13 Å². The third-order valence-corrected chi connectivity index (χ3v) is 7.91. The number of anilines is 2. The molecule has 7 heteroatoms. The first kappa shape index (κ1) is 21.3. The summed E-state index contributed by atoms with van der Waals surface area (Å²) in [5, 5.41) is 11.5. The van der Waals surface area contributed by atoms with Gasteiger partial charge in [-0.3, -0.25) is 0 Å². The Kier molecular flexibility index (Phi) is 6.35. The van der Waals surface area contributed by atoms with Crippen LogP contribution in [-0.2, 0) is 6.42 Å². The molecule has 0 spiro atoms. The van der Waals surface area contributed by atoms with E-state index in [1.807, 2.05) is 18.3 Å². The van der Waals surface area contributed by atoms with Crippen LogP contribution in [0.1, 0.15) is 65.7 Å². The van der Waals surface area contributed by atoms with Crippen LogP contribution in [0.5, 0.6) is 0 Å². The molecule has 1 saturated heterocycles. The Labute approximate surface area is 194 Å². The second kappa shape index (κ2) is 9.53. The van der Waals surface area contributed by atoms with Crippen LogP contribution in [0.4, 0.5) is 10.9 Å². The molecule has 0 atom stereocenters. The average Bonchev–Trinajstić information content (AvgIpc) is 3.32. The highest BCUT2D eigenvalue weighted by atomic mass is 32.1. The van der Waals surface area contributed by atoms with Crippen LogP contribution in [0.25, 0.3) is 0 Å². The van der Waals surface area contributed by atoms with Gasteiger partial charge < -0.3 is 9.80 Å². The molecule has 0 unspecified atom stereocenters. The zero-order chi connectivity index (χ0) is 21.9. The van der Waals surface area contributed by atoms with Crippen LogP contribution in [0.3, 0.4) is 0 Å². The second-order valence-electron chi connectivity index (χ2n) is 9.05. The monoisotopic (exact) mass is 448 g/mol. The van der Waals surface area contributed by atoms with Crippen molar-refractivity contribution in [2.24, 2.45) is 0 Å². The zero-order valence-corrected chi connectivity index (χ0v) is 19.9. The highest BCUT2D eigenvalue weighted by Crippen LogP contribution is 2.36. The Morgan fingerprint density at radius 1 is 0.875 bits per heavy atom. The van der Waals surface area contributed by atoms with Crippen LogP contribution in [-0.4, -0.2) is 46.3 Å². The predicted molar refractivity (Wildman–Crippen MR) is 131 cm³/mol. The first-order valence-corrected chi connectivity index (χ1v) is 12.7. The lowest BCUT2D eigenvalue weighted by molar-refractivity contribution is 0.440. The van der Waals surface area contributed by atoms with Crippen molar-refractivity contribution in [3.05, 3.63) is 58.0 Å². The summed E-state index contributed by atoms with van der Waals surface area (Å²) in [6.45, 7) is 7.89. The summed E-state index contributed by atoms with van der Waals surface area (Å²) in [5.41, 5.74) is 3.62.